The molecule has 0 spiro atoms. The van der Waals surface area contributed by atoms with Gasteiger partial charge in [-0.05, 0) is 30.2 Å². The maximum Gasteiger partial charge on any atom is 0.336 e. The molecule has 0 aliphatic rings. The zero-order valence-corrected chi connectivity index (χ0v) is 9.01. The minimum atomic E-state index is -0.312. The van der Waals surface area contributed by atoms with Crippen LogP contribution in [-0.4, -0.2) is 0 Å². The van der Waals surface area contributed by atoms with Crippen LogP contribution in [-0.2, 0) is 0 Å². The molecule has 2 aromatic rings. The molecule has 0 atom stereocenters. The summed E-state index contributed by atoms with van der Waals surface area (Å²) in [6.07, 6.45) is 3.71. The van der Waals surface area contributed by atoms with Gasteiger partial charge in [0.2, 0.25) is 0 Å². The Morgan fingerprint density at radius 1 is 1.06 bits per heavy atom. The maximum atomic E-state index is 11.1. The van der Waals surface area contributed by atoms with Crippen LogP contribution in [0, 0.1) is 6.92 Å². The monoisotopic (exact) mass is 212 g/mol. The molecule has 2 heteroatoms. The molecule has 0 aliphatic carbocycles. The van der Waals surface area contributed by atoms with Crippen LogP contribution in [0.25, 0.3) is 12.2 Å². The topological polar surface area (TPSA) is 30.2 Å². The number of hydrogen-bond donors (Lipinski definition) is 0. The summed E-state index contributed by atoms with van der Waals surface area (Å²) in [5, 5.41) is 0. The van der Waals surface area contributed by atoms with E-state index in [1.807, 2.05) is 49.4 Å². The van der Waals surface area contributed by atoms with Gasteiger partial charge in [0.25, 0.3) is 0 Å². The zero-order valence-electron chi connectivity index (χ0n) is 9.01. The van der Waals surface area contributed by atoms with E-state index in [2.05, 4.69) is 0 Å². The van der Waals surface area contributed by atoms with E-state index in [4.69, 9.17) is 4.42 Å². The van der Waals surface area contributed by atoms with E-state index in [0.29, 0.717) is 5.76 Å². The van der Waals surface area contributed by atoms with Gasteiger partial charge in [0.05, 0.1) is 0 Å². The van der Waals surface area contributed by atoms with E-state index in [1.165, 1.54) is 6.07 Å². The first-order chi connectivity index (χ1) is 7.74. The van der Waals surface area contributed by atoms with Crippen LogP contribution < -0.4 is 5.63 Å². The Morgan fingerprint density at radius 2 is 1.81 bits per heavy atom. The third-order valence-corrected chi connectivity index (χ3v) is 2.17. The molecule has 0 saturated heterocycles. The molecule has 2 rings (SSSR count). The molecule has 1 aromatic carbocycles. The van der Waals surface area contributed by atoms with E-state index in [9.17, 15) is 4.79 Å². The van der Waals surface area contributed by atoms with Gasteiger partial charge in [-0.3, -0.25) is 0 Å². The SMILES string of the molecule is Cc1cc(C=Cc2ccccc2)oc(=O)c1. The molecule has 1 aromatic heterocycles. The summed E-state index contributed by atoms with van der Waals surface area (Å²) in [5.41, 5.74) is 1.67. The predicted molar refractivity (Wildman–Crippen MR) is 65.1 cm³/mol. The summed E-state index contributed by atoms with van der Waals surface area (Å²) in [7, 11) is 0. The fraction of sp³-hybridized carbons (Fsp3) is 0.0714. The van der Waals surface area contributed by atoms with Gasteiger partial charge in [-0.15, -0.1) is 0 Å². The number of aryl methyl sites for hydroxylation is 1. The fourth-order valence-electron chi connectivity index (χ4n) is 1.45. The van der Waals surface area contributed by atoms with Crippen molar-refractivity contribution in [1.82, 2.24) is 0 Å². The average Bonchev–Trinajstić information content (AvgIpc) is 2.27. The first-order valence-corrected chi connectivity index (χ1v) is 5.09. The van der Waals surface area contributed by atoms with Crippen LogP contribution in [0.3, 0.4) is 0 Å². The zero-order chi connectivity index (χ0) is 11.4. The number of rotatable bonds is 2. The minimum absolute atomic E-state index is 0.312. The van der Waals surface area contributed by atoms with Gasteiger partial charge in [-0.2, -0.15) is 0 Å². The predicted octanol–water partition coefficient (Wildman–Crippen LogP) is 3.12. The second-order valence-electron chi connectivity index (χ2n) is 3.60. The van der Waals surface area contributed by atoms with Gasteiger partial charge in [0.1, 0.15) is 5.76 Å². The van der Waals surface area contributed by atoms with Crippen molar-refractivity contribution < 1.29 is 4.42 Å². The second kappa shape index (κ2) is 4.62. The van der Waals surface area contributed by atoms with Gasteiger partial charge in [0, 0.05) is 6.07 Å². The molecule has 0 N–H and O–H groups in total. The Bertz CT molecular complexity index is 550. The normalized spacial score (nSPS) is 10.8. The highest BCUT2D eigenvalue weighted by atomic mass is 16.4. The Kier molecular flexibility index (Phi) is 3.01. The second-order valence-corrected chi connectivity index (χ2v) is 3.60. The first-order valence-electron chi connectivity index (χ1n) is 5.09. The standard InChI is InChI=1S/C14H12O2/c1-11-9-13(16-14(15)10-11)8-7-12-5-3-2-4-6-12/h2-10H,1H3. The molecule has 16 heavy (non-hydrogen) atoms. The Labute approximate surface area is 93.9 Å². The van der Waals surface area contributed by atoms with Crippen LogP contribution in [0.15, 0.2) is 51.7 Å². The summed E-state index contributed by atoms with van der Waals surface area (Å²) >= 11 is 0. The van der Waals surface area contributed by atoms with Gasteiger partial charge in [-0.25, -0.2) is 4.79 Å². The quantitative estimate of drug-likeness (QED) is 0.765. The molecule has 2 nitrogen and oxygen atoms in total. The molecule has 0 radical (unpaired) electrons. The summed E-state index contributed by atoms with van der Waals surface area (Å²) in [6.45, 7) is 1.87. The smallest absolute Gasteiger partial charge is 0.336 e. The highest BCUT2D eigenvalue weighted by Crippen LogP contribution is 2.07. The summed E-state index contributed by atoms with van der Waals surface area (Å²) in [5.74, 6) is 0.578. The van der Waals surface area contributed by atoms with E-state index in [-0.39, 0.29) is 5.63 Å². The average molecular weight is 212 g/mol. The van der Waals surface area contributed by atoms with Crippen LogP contribution >= 0.6 is 0 Å². The molecule has 0 unspecified atom stereocenters. The van der Waals surface area contributed by atoms with Crippen molar-refractivity contribution >= 4 is 12.2 Å². The van der Waals surface area contributed by atoms with Crippen molar-refractivity contribution in [3.63, 3.8) is 0 Å². The van der Waals surface area contributed by atoms with Crippen molar-refractivity contribution in [1.29, 1.82) is 0 Å². The highest BCUT2D eigenvalue weighted by molar-refractivity contribution is 5.67. The minimum Gasteiger partial charge on any atom is -0.423 e. The lowest BCUT2D eigenvalue weighted by molar-refractivity contribution is 0.500. The highest BCUT2D eigenvalue weighted by Gasteiger charge is 1.94. The number of hydrogen-bond acceptors (Lipinski definition) is 2. The van der Waals surface area contributed by atoms with Crippen molar-refractivity contribution in [2.75, 3.05) is 0 Å². The lowest BCUT2D eigenvalue weighted by Crippen LogP contribution is -1.97. The Morgan fingerprint density at radius 3 is 2.50 bits per heavy atom. The van der Waals surface area contributed by atoms with Gasteiger partial charge in [-0.1, -0.05) is 36.4 Å². The first kappa shape index (κ1) is 10.4. The van der Waals surface area contributed by atoms with Crippen molar-refractivity contribution in [2.45, 2.75) is 6.92 Å². The Hall–Kier alpha value is -2.09. The largest absolute Gasteiger partial charge is 0.423 e. The van der Waals surface area contributed by atoms with Crippen molar-refractivity contribution in [3.05, 3.63) is 69.8 Å². The Balaban J connectivity index is 2.27. The van der Waals surface area contributed by atoms with E-state index in [0.717, 1.165) is 11.1 Å². The third-order valence-electron chi connectivity index (χ3n) is 2.17. The molecule has 0 bridgehead atoms. The molecular formula is C14H12O2. The lowest BCUT2D eigenvalue weighted by atomic mass is 10.2. The fourth-order valence-corrected chi connectivity index (χ4v) is 1.45. The van der Waals surface area contributed by atoms with E-state index in [1.54, 1.807) is 6.08 Å². The molecule has 1 heterocycles. The maximum absolute atomic E-state index is 11.1. The molecule has 0 fully saturated rings. The van der Waals surface area contributed by atoms with Gasteiger partial charge in [0.15, 0.2) is 0 Å². The molecule has 0 saturated carbocycles. The molecular weight excluding hydrogens is 200 g/mol. The summed E-state index contributed by atoms with van der Waals surface area (Å²) in [4.78, 5) is 11.1. The molecule has 0 aliphatic heterocycles. The summed E-state index contributed by atoms with van der Waals surface area (Å²) < 4.78 is 5.04. The van der Waals surface area contributed by atoms with Crippen molar-refractivity contribution in [3.8, 4) is 0 Å². The van der Waals surface area contributed by atoms with Crippen LogP contribution in [0.2, 0.25) is 0 Å². The van der Waals surface area contributed by atoms with Gasteiger partial charge < -0.3 is 4.42 Å². The number of benzene rings is 1. The van der Waals surface area contributed by atoms with Crippen LogP contribution in [0.5, 0.6) is 0 Å². The molecule has 0 amide bonds. The van der Waals surface area contributed by atoms with E-state index >= 15 is 0 Å². The lowest BCUT2D eigenvalue weighted by Gasteiger charge is -1.94. The third kappa shape index (κ3) is 2.70. The van der Waals surface area contributed by atoms with Crippen molar-refractivity contribution in [2.24, 2.45) is 0 Å². The van der Waals surface area contributed by atoms with E-state index < -0.39 is 0 Å². The van der Waals surface area contributed by atoms with Crippen LogP contribution in [0.4, 0.5) is 0 Å². The molecule has 80 valence electrons. The summed E-state index contributed by atoms with van der Waals surface area (Å²) in [6, 6.07) is 13.2. The van der Waals surface area contributed by atoms with Gasteiger partial charge >= 0.3 is 5.63 Å². The van der Waals surface area contributed by atoms with Crippen LogP contribution in [0.1, 0.15) is 16.9 Å².